The van der Waals surface area contributed by atoms with E-state index in [4.69, 9.17) is 4.74 Å². The van der Waals surface area contributed by atoms with E-state index in [9.17, 15) is 9.59 Å². The number of hydrogen-bond donors (Lipinski definition) is 0. The van der Waals surface area contributed by atoms with Crippen LogP contribution in [0.2, 0.25) is 0 Å². The monoisotopic (exact) mass is 267 g/mol. The SMILES string of the molecule is C=CC(=O)OC(C)CCCCCCCCCN=C=O. The van der Waals surface area contributed by atoms with Crippen LogP contribution in [0.4, 0.5) is 0 Å². The van der Waals surface area contributed by atoms with E-state index in [1.165, 1.54) is 31.8 Å². The molecule has 0 rings (SSSR count). The molecule has 0 aromatic heterocycles. The predicted molar refractivity (Wildman–Crippen MR) is 75.7 cm³/mol. The van der Waals surface area contributed by atoms with Gasteiger partial charge in [0.05, 0.1) is 12.6 Å². The third kappa shape index (κ3) is 12.8. The van der Waals surface area contributed by atoms with Crippen LogP contribution in [0.25, 0.3) is 0 Å². The number of nitrogens with zero attached hydrogens (tertiary/aromatic N) is 1. The normalized spacial score (nSPS) is 11.4. The van der Waals surface area contributed by atoms with Crippen LogP contribution in [0.5, 0.6) is 0 Å². The van der Waals surface area contributed by atoms with E-state index in [1.807, 2.05) is 6.92 Å². The van der Waals surface area contributed by atoms with Crippen molar-refractivity contribution in [3.05, 3.63) is 12.7 Å². The molecule has 0 bridgehead atoms. The highest BCUT2D eigenvalue weighted by atomic mass is 16.5. The lowest BCUT2D eigenvalue weighted by Crippen LogP contribution is -2.12. The van der Waals surface area contributed by atoms with Crippen molar-refractivity contribution >= 4 is 12.0 Å². The molecule has 1 atom stereocenters. The Bertz CT molecular complexity index is 296. The second-order valence-electron chi connectivity index (χ2n) is 4.69. The maximum Gasteiger partial charge on any atom is 0.330 e. The van der Waals surface area contributed by atoms with Crippen LogP contribution in [0.1, 0.15) is 58.3 Å². The van der Waals surface area contributed by atoms with Crippen LogP contribution in [0.3, 0.4) is 0 Å². The summed E-state index contributed by atoms with van der Waals surface area (Å²) in [7, 11) is 0. The molecule has 0 N–H and O–H groups in total. The first-order valence-corrected chi connectivity index (χ1v) is 7.07. The molecule has 0 spiro atoms. The van der Waals surface area contributed by atoms with E-state index in [0.29, 0.717) is 6.54 Å². The maximum absolute atomic E-state index is 10.9. The van der Waals surface area contributed by atoms with Crippen LogP contribution < -0.4 is 0 Å². The van der Waals surface area contributed by atoms with Gasteiger partial charge in [0.25, 0.3) is 0 Å². The number of hydrogen-bond acceptors (Lipinski definition) is 4. The van der Waals surface area contributed by atoms with Gasteiger partial charge in [-0.15, -0.1) is 0 Å². The largest absolute Gasteiger partial charge is 0.460 e. The summed E-state index contributed by atoms with van der Waals surface area (Å²) < 4.78 is 5.08. The van der Waals surface area contributed by atoms with Crippen molar-refractivity contribution in [1.82, 2.24) is 0 Å². The zero-order chi connectivity index (χ0) is 14.3. The zero-order valence-electron chi connectivity index (χ0n) is 11.9. The van der Waals surface area contributed by atoms with E-state index < -0.39 is 0 Å². The van der Waals surface area contributed by atoms with Gasteiger partial charge in [-0.05, 0) is 26.2 Å². The summed E-state index contributed by atoms with van der Waals surface area (Å²) in [5.41, 5.74) is 0. The number of isocyanates is 1. The third-order valence-electron chi connectivity index (χ3n) is 2.93. The second kappa shape index (κ2) is 13.0. The molecule has 0 aliphatic carbocycles. The van der Waals surface area contributed by atoms with E-state index in [0.717, 1.165) is 25.7 Å². The lowest BCUT2D eigenvalue weighted by Gasteiger charge is -2.11. The average Bonchev–Trinajstić information content (AvgIpc) is 2.40. The molecule has 1 unspecified atom stereocenters. The van der Waals surface area contributed by atoms with Crippen molar-refractivity contribution < 1.29 is 14.3 Å². The standard InChI is InChI=1S/C15H25NO3/c1-3-15(18)19-14(2)11-9-7-5-4-6-8-10-12-16-13-17/h3,14H,1,4-12H2,2H3. The molecule has 0 amide bonds. The van der Waals surface area contributed by atoms with E-state index in [2.05, 4.69) is 11.6 Å². The minimum absolute atomic E-state index is 0.0216. The molecule has 0 saturated heterocycles. The van der Waals surface area contributed by atoms with Gasteiger partial charge in [0, 0.05) is 6.08 Å². The Kier molecular flexibility index (Phi) is 12.1. The van der Waals surface area contributed by atoms with Gasteiger partial charge in [-0.2, -0.15) is 0 Å². The summed E-state index contributed by atoms with van der Waals surface area (Å²) in [6.45, 7) is 5.89. The highest BCUT2D eigenvalue weighted by molar-refractivity contribution is 5.81. The Balaban J connectivity index is 3.24. The van der Waals surface area contributed by atoms with Crippen LogP contribution in [-0.2, 0) is 14.3 Å². The lowest BCUT2D eigenvalue weighted by atomic mass is 10.1. The first-order chi connectivity index (χ1) is 9.20. The quantitative estimate of drug-likeness (QED) is 0.179. The fourth-order valence-electron chi connectivity index (χ4n) is 1.86. The number of esters is 1. The third-order valence-corrected chi connectivity index (χ3v) is 2.93. The van der Waals surface area contributed by atoms with Crippen molar-refractivity contribution in [1.29, 1.82) is 0 Å². The number of aliphatic imine (C=N–C) groups is 1. The lowest BCUT2D eigenvalue weighted by molar-refractivity contribution is -0.142. The topological polar surface area (TPSA) is 55.7 Å². The summed E-state index contributed by atoms with van der Waals surface area (Å²) in [6, 6.07) is 0. The summed E-state index contributed by atoms with van der Waals surface area (Å²) in [6.07, 6.45) is 11.6. The zero-order valence-corrected chi connectivity index (χ0v) is 11.9. The first kappa shape index (κ1) is 17.6. The van der Waals surface area contributed by atoms with E-state index in [-0.39, 0.29) is 12.1 Å². The van der Waals surface area contributed by atoms with Crippen molar-refractivity contribution in [2.24, 2.45) is 4.99 Å². The fraction of sp³-hybridized carbons (Fsp3) is 0.733. The highest BCUT2D eigenvalue weighted by Crippen LogP contribution is 2.11. The molecule has 0 saturated carbocycles. The van der Waals surface area contributed by atoms with Crippen LogP contribution in [0, 0.1) is 0 Å². The number of ether oxygens (including phenoxy) is 1. The molecule has 0 heterocycles. The van der Waals surface area contributed by atoms with Gasteiger partial charge in [0.1, 0.15) is 0 Å². The van der Waals surface area contributed by atoms with Gasteiger partial charge < -0.3 is 4.74 Å². The predicted octanol–water partition coefficient (Wildman–Crippen LogP) is 3.56. The van der Waals surface area contributed by atoms with Gasteiger partial charge in [-0.1, -0.05) is 38.7 Å². The maximum atomic E-state index is 10.9. The van der Waals surface area contributed by atoms with Crippen molar-refractivity contribution in [2.45, 2.75) is 64.4 Å². The van der Waals surface area contributed by atoms with Gasteiger partial charge in [0.2, 0.25) is 6.08 Å². The van der Waals surface area contributed by atoms with Crippen LogP contribution in [0.15, 0.2) is 17.6 Å². The van der Waals surface area contributed by atoms with Crippen LogP contribution >= 0.6 is 0 Å². The molecule has 0 aliphatic heterocycles. The molecular weight excluding hydrogens is 242 g/mol. The Labute approximate surface area is 115 Å². The minimum Gasteiger partial charge on any atom is -0.460 e. The summed E-state index contributed by atoms with van der Waals surface area (Å²) in [4.78, 5) is 24.3. The number of rotatable bonds is 12. The Hall–Kier alpha value is -1.41. The molecule has 0 aliphatic rings. The summed E-state index contributed by atoms with van der Waals surface area (Å²) in [5, 5.41) is 0. The van der Waals surface area contributed by atoms with Gasteiger partial charge >= 0.3 is 5.97 Å². The Morgan fingerprint density at radius 1 is 1.21 bits per heavy atom. The molecule has 108 valence electrons. The second-order valence-corrected chi connectivity index (χ2v) is 4.69. The molecule has 4 nitrogen and oxygen atoms in total. The Morgan fingerprint density at radius 3 is 2.37 bits per heavy atom. The Morgan fingerprint density at radius 2 is 1.79 bits per heavy atom. The summed E-state index contributed by atoms with van der Waals surface area (Å²) >= 11 is 0. The molecule has 0 fully saturated rings. The smallest absolute Gasteiger partial charge is 0.330 e. The number of unbranched alkanes of at least 4 members (excludes halogenated alkanes) is 6. The van der Waals surface area contributed by atoms with Gasteiger partial charge in [-0.25, -0.2) is 14.6 Å². The fourth-order valence-corrected chi connectivity index (χ4v) is 1.86. The average molecular weight is 267 g/mol. The van der Waals surface area contributed by atoms with Crippen molar-refractivity contribution in [3.63, 3.8) is 0 Å². The minimum atomic E-state index is -0.342. The molecule has 0 radical (unpaired) electrons. The number of carbonyl (C=O) groups is 1. The molecular formula is C15H25NO3. The number of carbonyl (C=O) groups excluding carboxylic acids is 2. The van der Waals surface area contributed by atoms with Crippen LogP contribution in [-0.4, -0.2) is 24.7 Å². The molecule has 0 aromatic carbocycles. The molecule has 4 heteroatoms. The van der Waals surface area contributed by atoms with Crippen molar-refractivity contribution in [3.8, 4) is 0 Å². The summed E-state index contributed by atoms with van der Waals surface area (Å²) in [5.74, 6) is -0.342. The highest BCUT2D eigenvalue weighted by Gasteiger charge is 2.05. The van der Waals surface area contributed by atoms with Crippen molar-refractivity contribution in [2.75, 3.05) is 6.54 Å². The van der Waals surface area contributed by atoms with Gasteiger partial charge in [-0.3, -0.25) is 0 Å². The van der Waals surface area contributed by atoms with E-state index >= 15 is 0 Å². The van der Waals surface area contributed by atoms with Gasteiger partial charge in [0.15, 0.2) is 0 Å². The van der Waals surface area contributed by atoms with E-state index in [1.54, 1.807) is 6.08 Å². The molecule has 19 heavy (non-hydrogen) atoms. The molecule has 0 aromatic rings. The first-order valence-electron chi connectivity index (χ1n) is 7.07.